The van der Waals surface area contributed by atoms with Crippen molar-refractivity contribution >= 4 is 18.0 Å². The second kappa shape index (κ2) is 6.76. The Morgan fingerprint density at radius 1 is 1.22 bits per heavy atom. The summed E-state index contributed by atoms with van der Waals surface area (Å²) >= 11 is 0. The number of carbonyl (C=O) groups is 3. The van der Waals surface area contributed by atoms with Crippen molar-refractivity contribution in [3.63, 3.8) is 0 Å². The van der Waals surface area contributed by atoms with Crippen LogP contribution in [0.15, 0.2) is 0 Å². The molecule has 0 aromatic heterocycles. The van der Waals surface area contributed by atoms with Gasteiger partial charge in [0, 0.05) is 32.6 Å². The van der Waals surface area contributed by atoms with E-state index in [2.05, 4.69) is 0 Å². The molecule has 2 fully saturated rings. The van der Waals surface area contributed by atoms with E-state index in [9.17, 15) is 14.4 Å². The van der Waals surface area contributed by atoms with Crippen molar-refractivity contribution in [2.75, 3.05) is 33.3 Å². The van der Waals surface area contributed by atoms with Crippen molar-refractivity contribution in [2.24, 2.45) is 11.8 Å². The minimum absolute atomic E-state index is 0.00345. The molecule has 0 aromatic rings. The number of nitrogens with zero attached hydrogens (tertiary/aromatic N) is 2. The van der Waals surface area contributed by atoms with Crippen molar-refractivity contribution in [3.8, 4) is 0 Å². The summed E-state index contributed by atoms with van der Waals surface area (Å²) in [6.07, 6.45) is 0.789. The highest BCUT2D eigenvalue weighted by Crippen LogP contribution is 2.24. The molecule has 0 aromatic carbocycles. The fourth-order valence-corrected chi connectivity index (χ4v) is 2.88. The quantitative estimate of drug-likeness (QED) is 0.727. The first kappa shape index (κ1) is 17.6. The second-order valence-corrected chi connectivity index (χ2v) is 7.30. The second-order valence-electron chi connectivity index (χ2n) is 7.30. The highest BCUT2D eigenvalue weighted by molar-refractivity contribution is 5.86. The van der Waals surface area contributed by atoms with Gasteiger partial charge in [-0.15, -0.1) is 0 Å². The van der Waals surface area contributed by atoms with Gasteiger partial charge in [-0.3, -0.25) is 9.59 Å². The van der Waals surface area contributed by atoms with Gasteiger partial charge in [0.1, 0.15) is 5.60 Å². The number of hydrogen-bond acceptors (Lipinski definition) is 5. The summed E-state index contributed by atoms with van der Waals surface area (Å²) in [6, 6.07) is 0. The minimum Gasteiger partial charge on any atom is -0.469 e. The van der Waals surface area contributed by atoms with E-state index in [4.69, 9.17) is 9.47 Å². The number of amides is 2. The molecule has 2 aliphatic rings. The van der Waals surface area contributed by atoms with Gasteiger partial charge in [0.15, 0.2) is 0 Å². The maximum atomic E-state index is 11.9. The first-order valence-electron chi connectivity index (χ1n) is 8.03. The Labute approximate surface area is 136 Å². The zero-order chi connectivity index (χ0) is 17.2. The molecule has 23 heavy (non-hydrogen) atoms. The molecule has 2 saturated heterocycles. The molecule has 7 nitrogen and oxygen atoms in total. The largest absolute Gasteiger partial charge is 0.469 e. The monoisotopic (exact) mass is 326 g/mol. The van der Waals surface area contributed by atoms with Crippen molar-refractivity contribution < 1.29 is 23.9 Å². The Kier molecular flexibility index (Phi) is 5.16. The number of carbonyl (C=O) groups excluding carboxylic acids is 3. The lowest BCUT2D eigenvalue weighted by Crippen LogP contribution is -2.52. The third-order valence-electron chi connectivity index (χ3n) is 4.17. The van der Waals surface area contributed by atoms with Gasteiger partial charge in [0.05, 0.1) is 13.0 Å². The van der Waals surface area contributed by atoms with Crippen molar-refractivity contribution in [1.29, 1.82) is 0 Å². The summed E-state index contributed by atoms with van der Waals surface area (Å²) in [5.41, 5.74) is -0.479. The molecule has 2 heterocycles. The number of methoxy groups -OCH3 is 1. The standard InChI is InChI=1S/C16H26N2O5/c1-16(2,3)23-15(21)18-8-11(9-18)5-6-17-10-12(7-13(17)19)14(20)22-4/h11-12H,5-10H2,1-4H3. The van der Waals surface area contributed by atoms with Gasteiger partial charge >= 0.3 is 12.1 Å². The summed E-state index contributed by atoms with van der Waals surface area (Å²) in [5, 5.41) is 0. The fourth-order valence-electron chi connectivity index (χ4n) is 2.88. The van der Waals surface area contributed by atoms with Crippen LogP contribution in [-0.2, 0) is 19.1 Å². The molecule has 7 heteroatoms. The molecule has 1 unspecified atom stereocenters. The number of esters is 1. The fraction of sp³-hybridized carbons (Fsp3) is 0.812. The Bertz CT molecular complexity index is 479. The zero-order valence-corrected chi connectivity index (χ0v) is 14.3. The predicted octanol–water partition coefficient (Wildman–Crippen LogP) is 1.26. The molecule has 0 N–H and O–H groups in total. The third-order valence-corrected chi connectivity index (χ3v) is 4.17. The third kappa shape index (κ3) is 4.59. The average Bonchev–Trinajstić information content (AvgIpc) is 2.75. The summed E-state index contributed by atoms with van der Waals surface area (Å²) < 4.78 is 10.0. The van der Waals surface area contributed by atoms with Crippen LogP contribution < -0.4 is 0 Å². The topological polar surface area (TPSA) is 76.2 Å². The van der Waals surface area contributed by atoms with E-state index in [0.717, 1.165) is 6.42 Å². The van der Waals surface area contributed by atoms with E-state index in [0.29, 0.717) is 32.1 Å². The van der Waals surface area contributed by atoms with Crippen LogP contribution in [0.25, 0.3) is 0 Å². The van der Waals surface area contributed by atoms with Crippen LogP contribution in [0.1, 0.15) is 33.6 Å². The van der Waals surface area contributed by atoms with Crippen LogP contribution in [-0.4, -0.2) is 66.7 Å². The van der Waals surface area contributed by atoms with E-state index in [-0.39, 0.29) is 30.3 Å². The molecule has 2 rings (SSSR count). The van der Waals surface area contributed by atoms with E-state index >= 15 is 0 Å². The molecular formula is C16H26N2O5. The Hall–Kier alpha value is -1.79. The highest BCUT2D eigenvalue weighted by Gasteiger charge is 2.37. The molecule has 1 atom stereocenters. The maximum absolute atomic E-state index is 11.9. The molecule has 2 aliphatic heterocycles. The van der Waals surface area contributed by atoms with E-state index in [1.165, 1.54) is 7.11 Å². The number of ether oxygens (including phenoxy) is 2. The molecule has 0 radical (unpaired) electrons. The predicted molar refractivity (Wildman–Crippen MR) is 82.6 cm³/mol. The number of likely N-dealkylation sites (tertiary alicyclic amines) is 2. The molecule has 2 amide bonds. The molecular weight excluding hydrogens is 300 g/mol. The van der Waals surface area contributed by atoms with Gasteiger partial charge in [0.25, 0.3) is 0 Å². The van der Waals surface area contributed by atoms with Gasteiger partial charge < -0.3 is 19.3 Å². The molecule has 130 valence electrons. The van der Waals surface area contributed by atoms with E-state index in [1.807, 2.05) is 20.8 Å². The van der Waals surface area contributed by atoms with Gasteiger partial charge in [-0.25, -0.2) is 4.79 Å². The van der Waals surface area contributed by atoms with Crippen LogP contribution in [0.3, 0.4) is 0 Å². The Balaban J connectivity index is 1.68. The lowest BCUT2D eigenvalue weighted by atomic mass is 9.96. The van der Waals surface area contributed by atoms with Crippen LogP contribution in [0.2, 0.25) is 0 Å². The summed E-state index contributed by atoms with van der Waals surface area (Å²) in [7, 11) is 1.34. The first-order chi connectivity index (χ1) is 10.7. The summed E-state index contributed by atoms with van der Waals surface area (Å²) in [5.74, 6) is -0.274. The van der Waals surface area contributed by atoms with Crippen LogP contribution in [0.4, 0.5) is 4.79 Å². The number of rotatable bonds is 4. The Morgan fingerprint density at radius 2 is 1.87 bits per heavy atom. The van der Waals surface area contributed by atoms with Crippen LogP contribution in [0, 0.1) is 11.8 Å². The zero-order valence-electron chi connectivity index (χ0n) is 14.3. The average molecular weight is 326 g/mol. The smallest absolute Gasteiger partial charge is 0.410 e. The van der Waals surface area contributed by atoms with Crippen molar-refractivity contribution in [3.05, 3.63) is 0 Å². The van der Waals surface area contributed by atoms with Crippen LogP contribution >= 0.6 is 0 Å². The lowest BCUT2D eigenvalue weighted by Gasteiger charge is -2.40. The van der Waals surface area contributed by atoms with Gasteiger partial charge in [0.2, 0.25) is 5.91 Å². The van der Waals surface area contributed by atoms with Crippen molar-refractivity contribution in [2.45, 2.75) is 39.2 Å². The van der Waals surface area contributed by atoms with Crippen molar-refractivity contribution in [1.82, 2.24) is 9.80 Å². The van der Waals surface area contributed by atoms with E-state index in [1.54, 1.807) is 9.80 Å². The van der Waals surface area contributed by atoms with Crippen LogP contribution in [0.5, 0.6) is 0 Å². The normalized spacial score (nSPS) is 22.1. The van der Waals surface area contributed by atoms with Gasteiger partial charge in [-0.05, 0) is 33.1 Å². The first-order valence-corrected chi connectivity index (χ1v) is 8.03. The molecule has 0 aliphatic carbocycles. The van der Waals surface area contributed by atoms with Gasteiger partial charge in [-0.2, -0.15) is 0 Å². The summed E-state index contributed by atoms with van der Waals surface area (Å²) in [6.45, 7) is 7.93. The van der Waals surface area contributed by atoms with E-state index < -0.39 is 5.60 Å². The number of hydrogen-bond donors (Lipinski definition) is 0. The molecule has 0 bridgehead atoms. The van der Waals surface area contributed by atoms with Gasteiger partial charge in [-0.1, -0.05) is 0 Å². The summed E-state index contributed by atoms with van der Waals surface area (Å²) in [4.78, 5) is 38.6. The SMILES string of the molecule is COC(=O)C1CC(=O)N(CCC2CN(C(=O)OC(C)(C)C)C2)C1. The lowest BCUT2D eigenvalue weighted by molar-refractivity contribution is -0.145. The maximum Gasteiger partial charge on any atom is 0.410 e. The Morgan fingerprint density at radius 3 is 2.43 bits per heavy atom. The highest BCUT2D eigenvalue weighted by atomic mass is 16.6. The molecule has 0 saturated carbocycles. The minimum atomic E-state index is -0.479. The molecule has 0 spiro atoms.